The lowest BCUT2D eigenvalue weighted by molar-refractivity contribution is -0.0441. The van der Waals surface area contributed by atoms with Gasteiger partial charge in [0.15, 0.2) is 0 Å². The van der Waals surface area contributed by atoms with Crippen molar-refractivity contribution < 1.29 is 27.4 Å². The predicted octanol–water partition coefficient (Wildman–Crippen LogP) is 1.32. The lowest BCUT2D eigenvalue weighted by atomic mass is 10.2. The molecular formula is C13H16FNO5S. The Morgan fingerprint density at radius 3 is 2.43 bits per heavy atom. The molecule has 1 aromatic carbocycles. The number of morpholine rings is 1. The molecule has 1 heterocycles. The number of ether oxygens (including phenoxy) is 1. The molecule has 1 aliphatic heterocycles. The van der Waals surface area contributed by atoms with Crippen LogP contribution < -0.4 is 0 Å². The number of aromatic carboxylic acids is 1. The van der Waals surface area contributed by atoms with E-state index in [-0.39, 0.29) is 30.9 Å². The number of benzene rings is 1. The number of rotatable bonds is 3. The Balaban J connectivity index is 2.44. The summed E-state index contributed by atoms with van der Waals surface area (Å²) in [6, 6.07) is 2.72. The quantitative estimate of drug-likeness (QED) is 0.909. The van der Waals surface area contributed by atoms with Gasteiger partial charge in [-0.2, -0.15) is 4.31 Å². The van der Waals surface area contributed by atoms with Gasteiger partial charge in [0, 0.05) is 13.1 Å². The first-order valence-electron chi connectivity index (χ1n) is 6.40. The van der Waals surface area contributed by atoms with Gasteiger partial charge >= 0.3 is 5.97 Å². The number of carboxylic acids is 1. The summed E-state index contributed by atoms with van der Waals surface area (Å²) in [6.07, 6.45) is -0.622. The summed E-state index contributed by atoms with van der Waals surface area (Å²) in [6.45, 7) is 3.65. The van der Waals surface area contributed by atoms with Gasteiger partial charge in [-0.25, -0.2) is 17.6 Å². The van der Waals surface area contributed by atoms with Gasteiger partial charge in [0.2, 0.25) is 10.0 Å². The summed E-state index contributed by atoms with van der Waals surface area (Å²) in [5, 5.41) is 8.91. The van der Waals surface area contributed by atoms with E-state index in [4.69, 9.17) is 9.84 Å². The third-order valence-electron chi connectivity index (χ3n) is 3.18. The van der Waals surface area contributed by atoms with Crippen molar-refractivity contribution in [2.75, 3.05) is 13.1 Å². The van der Waals surface area contributed by atoms with Crippen molar-refractivity contribution in [2.45, 2.75) is 31.0 Å². The molecule has 1 saturated heterocycles. The highest BCUT2D eigenvalue weighted by Crippen LogP contribution is 2.24. The zero-order valence-corrected chi connectivity index (χ0v) is 12.4. The maximum atomic E-state index is 13.8. The highest BCUT2D eigenvalue weighted by molar-refractivity contribution is 7.89. The first-order chi connectivity index (χ1) is 9.71. The van der Waals surface area contributed by atoms with E-state index in [1.807, 2.05) is 0 Å². The topological polar surface area (TPSA) is 83.9 Å². The SMILES string of the molecule is CC1CN(S(=O)(=O)c2cc(C(=O)O)ccc2F)CC(C)O1. The Labute approximate surface area is 122 Å². The number of nitrogens with zero attached hydrogens (tertiary/aromatic N) is 1. The second-order valence-electron chi connectivity index (χ2n) is 5.03. The van der Waals surface area contributed by atoms with Crippen LogP contribution in [0.15, 0.2) is 23.1 Å². The van der Waals surface area contributed by atoms with Crippen LogP contribution in [0, 0.1) is 5.82 Å². The number of sulfonamides is 1. The summed E-state index contributed by atoms with van der Waals surface area (Å²) in [7, 11) is -4.10. The molecule has 0 radical (unpaired) electrons. The molecule has 0 saturated carbocycles. The van der Waals surface area contributed by atoms with Gasteiger partial charge in [-0.3, -0.25) is 0 Å². The molecule has 1 fully saturated rings. The average Bonchev–Trinajstić information content (AvgIpc) is 2.37. The third kappa shape index (κ3) is 3.22. The van der Waals surface area contributed by atoms with Crippen molar-refractivity contribution in [3.8, 4) is 0 Å². The van der Waals surface area contributed by atoms with Crippen molar-refractivity contribution in [1.29, 1.82) is 0 Å². The van der Waals surface area contributed by atoms with Crippen LogP contribution in [0.4, 0.5) is 4.39 Å². The maximum Gasteiger partial charge on any atom is 0.335 e. The average molecular weight is 317 g/mol. The van der Waals surface area contributed by atoms with Gasteiger partial charge in [-0.1, -0.05) is 0 Å². The number of halogens is 1. The van der Waals surface area contributed by atoms with Crippen LogP contribution >= 0.6 is 0 Å². The minimum absolute atomic E-state index is 0.101. The normalized spacial score (nSPS) is 24.0. The van der Waals surface area contributed by atoms with Crippen molar-refractivity contribution in [3.63, 3.8) is 0 Å². The summed E-state index contributed by atoms with van der Waals surface area (Å²) in [4.78, 5) is 10.3. The molecule has 0 amide bonds. The summed E-state index contributed by atoms with van der Waals surface area (Å²) < 4.78 is 45.4. The van der Waals surface area contributed by atoms with Gasteiger partial charge < -0.3 is 9.84 Å². The number of hydrogen-bond donors (Lipinski definition) is 1. The Kier molecular flexibility index (Phi) is 4.31. The van der Waals surface area contributed by atoms with Crippen molar-refractivity contribution in [3.05, 3.63) is 29.6 Å². The fourth-order valence-corrected chi connectivity index (χ4v) is 3.98. The second-order valence-corrected chi connectivity index (χ2v) is 6.94. The van der Waals surface area contributed by atoms with Crippen LogP contribution in [0.1, 0.15) is 24.2 Å². The number of carbonyl (C=O) groups is 1. The second kappa shape index (κ2) is 5.70. The molecule has 0 aromatic heterocycles. The van der Waals surface area contributed by atoms with E-state index >= 15 is 0 Å². The van der Waals surface area contributed by atoms with E-state index in [9.17, 15) is 17.6 Å². The van der Waals surface area contributed by atoms with Crippen LogP contribution in [0.25, 0.3) is 0 Å². The largest absolute Gasteiger partial charge is 0.478 e. The summed E-state index contributed by atoms with van der Waals surface area (Å²) >= 11 is 0. The van der Waals surface area contributed by atoms with Crippen molar-refractivity contribution >= 4 is 16.0 Å². The molecule has 21 heavy (non-hydrogen) atoms. The Hall–Kier alpha value is -1.51. The van der Waals surface area contributed by atoms with Gasteiger partial charge in [-0.05, 0) is 32.0 Å². The van der Waals surface area contributed by atoms with E-state index in [1.165, 1.54) is 0 Å². The van der Waals surface area contributed by atoms with E-state index in [0.717, 1.165) is 22.5 Å². The molecule has 2 atom stereocenters. The summed E-state index contributed by atoms with van der Waals surface area (Å²) in [5.74, 6) is -2.28. The fraction of sp³-hybridized carbons (Fsp3) is 0.462. The van der Waals surface area contributed by atoms with Gasteiger partial charge in [0.25, 0.3) is 0 Å². The Morgan fingerprint density at radius 2 is 1.90 bits per heavy atom. The van der Waals surface area contributed by atoms with Crippen LogP contribution in [-0.2, 0) is 14.8 Å². The van der Waals surface area contributed by atoms with Crippen molar-refractivity contribution in [2.24, 2.45) is 0 Å². The first-order valence-corrected chi connectivity index (χ1v) is 7.84. The molecule has 2 rings (SSSR count). The molecule has 0 aliphatic carbocycles. The third-order valence-corrected chi connectivity index (χ3v) is 5.03. The van der Waals surface area contributed by atoms with Crippen LogP contribution in [-0.4, -0.2) is 49.1 Å². The van der Waals surface area contributed by atoms with E-state index in [2.05, 4.69) is 0 Å². The highest BCUT2D eigenvalue weighted by atomic mass is 32.2. The molecule has 6 nitrogen and oxygen atoms in total. The number of hydrogen-bond acceptors (Lipinski definition) is 4. The molecule has 1 N–H and O–H groups in total. The monoisotopic (exact) mass is 317 g/mol. The first kappa shape index (κ1) is 15.9. The van der Waals surface area contributed by atoms with Gasteiger partial charge in [0.05, 0.1) is 17.8 Å². The zero-order valence-electron chi connectivity index (χ0n) is 11.6. The Morgan fingerprint density at radius 1 is 1.33 bits per heavy atom. The van der Waals surface area contributed by atoms with Gasteiger partial charge in [0.1, 0.15) is 10.7 Å². The molecule has 0 spiro atoms. The standard InChI is InChI=1S/C13H16FNO5S/c1-8-6-15(7-9(2)20-8)21(18,19)12-5-10(13(16)17)3-4-11(12)14/h3-5,8-9H,6-7H2,1-2H3,(H,16,17). The summed E-state index contributed by atoms with van der Waals surface area (Å²) in [5.41, 5.74) is -0.274. The minimum Gasteiger partial charge on any atom is -0.478 e. The molecular weight excluding hydrogens is 301 g/mol. The molecule has 2 unspecified atom stereocenters. The zero-order chi connectivity index (χ0) is 15.8. The van der Waals surface area contributed by atoms with Crippen LogP contribution in [0.5, 0.6) is 0 Å². The highest BCUT2D eigenvalue weighted by Gasteiger charge is 2.34. The van der Waals surface area contributed by atoms with E-state index in [1.54, 1.807) is 13.8 Å². The lowest BCUT2D eigenvalue weighted by Gasteiger charge is -2.34. The van der Waals surface area contributed by atoms with Crippen LogP contribution in [0.3, 0.4) is 0 Å². The fourth-order valence-electron chi connectivity index (χ4n) is 2.30. The molecule has 116 valence electrons. The van der Waals surface area contributed by atoms with Crippen LogP contribution in [0.2, 0.25) is 0 Å². The lowest BCUT2D eigenvalue weighted by Crippen LogP contribution is -2.48. The molecule has 1 aromatic rings. The van der Waals surface area contributed by atoms with Gasteiger partial charge in [-0.15, -0.1) is 0 Å². The maximum absolute atomic E-state index is 13.8. The predicted molar refractivity (Wildman–Crippen MR) is 72.1 cm³/mol. The number of carboxylic acid groups (broad SMARTS) is 1. The van der Waals surface area contributed by atoms with Crippen molar-refractivity contribution in [1.82, 2.24) is 4.31 Å². The van der Waals surface area contributed by atoms with E-state index < -0.39 is 26.7 Å². The molecule has 1 aliphatic rings. The smallest absolute Gasteiger partial charge is 0.335 e. The minimum atomic E-state index is -4.10. The van der Waals surface area contributed by atoms with E-state index in [0.29, 0.717) is 0 Å². The molecule has 0 bridgehead atoms. The molecule has 8 heteroatoms. The Bertz CT molecular complexity index is 651.